The van der Waals surface area contributed by atoms with Crippen LogP contribution in [0.3, 0.4) is 0 Å². The number of amides is 2. The van der Waals surface area contributed by atoms with E-state index in [9.17, 15) is 22.8 Å². The van der Waals surface area contributed by atoms with E-state index in [0.29, 0.717) is 29.4 Å². The number of rotatable bonds is 5. The third-order valence-electron chi connectivity index (χ3n) is 6.37. The number of carbonyl (C=O) groups is 2. The molecule has 4 rings (SSSR count). The Bertz CT molecular complexity index is 1030. The average Bonchev–Trinajstić information content (AvgIpc) is 3.41. The minimum atomic E-state index is -4.62. The standard InChI is InChI=1S/C22H28F3N5O3S/c1-14-19(27-33-20(14)22(23,24)25)16-5-6-17(34-16)21(32)30-7-3-4-15(12-30)26-18(31)13-29-10-8-28(2)9-11-29/h5-6,15H,3-4,7-13H2,1-2H3,(H,26,31)/p+1. The number of likely N-dealkylation sites (tertiary alicyclic amines) is 1. The monoisotopic (exact) mass is 500 g/mol. The Kier molecular flexibility index (Phi) is 7.41. The van der Waals surface area contributed by atoms with E-state index in [4.69, 9.17) is 0 Å². The molecule has 1 unspecified atom stereocenters. The number of nitrogens with two attached hydrogens (primary N) is 1. The van der Waals surface area contributed by atoms with E-state index >= 15 is 0 Å². The summed E-state index contributed by atoms with van der Waals surface area (Å²) in [5.74, 6) is -1.22. The van der Waals surface area contributed by atoms with Gasteiger partial charge in [-0.05, 0) is 32.5 Å². The lowest BCUT2D eigenvalue weighted by molar-refractivity contribution is -0.608. The number of halogens is 3. The lowest BCUT2D eigenvalue weighted by atomic mass is 10.1. The van der Waals surface area contributed by atoms with Crippen LogP contribution in [0, 0.1) is 6.92 Å². The van der Waals surface area contributed by atoms with E-state index in [1.165, 1.54) is 6.92 Å². The Balaban J connectivity index is 1.35. The minimum absolute atomic E-state index is 0.00391. The molecule has 186 valence electrons. The predicted octanol–water partition coefficient (Wildman–Crippen LogP) is 1.67. The van der Waals surface area contributed by atoms with Crippen LogP contribution in [0.1, 0.15) is 33.8 Å². The van der Waals surface area contributed by atoms with Gasteiger partial charge in [-0.1, -0.05) is 5.16 Å². The second kappa shape index (κ2) is 10.1. The van der Waals surface area contributed by atoms with E-state index in [2.05, 4.69) is 26.5 Å². The number of hydrogen-bond acceptors (Lipinski definition) is 7. The highest BCUT2D eigenvalue weighted by atomic mass is 32.1. The van der Waals surface area contributed by atoms with Crippen molar-refractivity contribution in [3.05, 3.63) is 28.3 Å². The van der Waals surface area contributed by atoms with Crippen molar-refractivity contribution in [2.24, 2.45) is 0 Å². The summed E-state index contributed by atoms with van der Waals surface area (Å²) in [5, 5.41) is 5.33. The van der Waals surface area contributed by atoms with E-state index in [1.54, 1.807) is 22.3 Å². The van der Waals surface area contributed by atoms with Crippen molar-refractivity contribution in [2.45, 2.75) is 32.0 Å². The number of primary amides is 1. The van der Waals surface area contributed by atoms with Gasteiger partial charge in [-0.15, -0.1) is 11.3 Å². The highest BCUT2D eigenvalue weighted by Gasteiger charge is 2.39. The molecule has 0 radical (unpaired) electrons. The second-order valence-electron chi connectivity index (χ2n) is 9.01. The van der Waals surface area contributed by atoms with Crippen molar-refractivity contribution in [3.8, 4) is 10.6 Å². The predicted molar refractivity (Wildman–Crippen MR) is 119 cm³/mol. The van der Waals surface area contributed by atoms with E-state index in [1.807, 2.05) is 0 Å². The maximum atomic E-state index is 13.1. The molecule has 4 heterocycles. The van der Waals surface area contributed by atoms with Crippen LogP contribution in [-0.2, 0) is 11.0 Å². The lowest BCUT2D eigenvalue weighted by Gasteiger charge is -2.32. The summed E-state index contributed by atoms with van der Waals surface area (Å²) in [6.07, 6.45) is -2.97. The molecule has 0 bridgehead atoms. The Labute approximate surface area is 199 Å². The number of thiophene rings is 1. The Morgan fingerprint density at radius 3 is 2.62 bits per heavy atom. The third-order valence-corrected chi connectivity index (χ3v) is 7.45. The first kappa shape index (κ1) is 24.8. The van der Waals surface area contributed by atoms with Gasteiger partial charge in [0.15, 0.2) is 0 Å². The maximum Gasteiger partial charge on any atom is 0.452 e. The fourth-order valence-corrected chi connectivity index (χ4v) is 5.45. The van der Waals surface area contributed by atoms with Gasteiger partial charge in [0.25, 0.3) is 5.91 Å². The molecular formula is C22H29F3N5O3S+. The van der Waals surface area contributed by atoms with Crippen LogP contribution in [0.15, 0.2) is 16.7 Å². The van der Waals surface area contributed by atoms with Gasteiger partial charge in [-0.2, -0.15) is 13.2 Å². The molecule has 2 amide bonds. The van der Waals surface area contributed by atoms with Crippen LogP contribution in [0.5, 0.6) is 0 Å². The van der Waals surface area contributed by atoms with Crippen molar-refractivity contribution in [1.29, 1.82) is 0 Å². The van der Waals surface area contributed by atoms with Crippen molar-refractivity contribution in [3.63, 3.8) is 0 Å². The van der Waals surface area contributed by atoms with E-state index in [-0.39, 0.29) is 29.1 Å². The molecule has 2 fully saturated rings. The van der Waals surface area contributed by atoms with Crippen molar-refractivity contribution in [1.82, 2.24) is 19.9 Å². The molecule has 12 heteroatoms. The highest BCUT2D eigenvalue weighted by Crippen LogP contribution is 2.38. The Morgan fingerprint density at radius 1 is 1.21 bits per heavy atom. The number of likely N-dealkylation sites (N-methyl/N-ethyl adjacent to an activating group) is 1. The van der Waals surface area contributed by atoms with Gasteiger partial charge in [0, 0.05) is 44.7 Å². The largest absolute Gasteiger partial charge is 0.452 e. The van der Waals surface area contributed by atoms with Crippen LogP contribution in [0.2, 0.25) is 0 Å². The molecule has 0 spiro atoms. The van der Waals surface area contributed by atoms with Crippen LogP contribution in [0.4, 0.5) is 13.2 Å². The molecule has 0 saturated carbocycles. The summed E-state index contributed by atoms with van der Waals surface area (Å²) in [5.41, 5.74) is -0.00409. The van der Waals surface area contributed by atoms with Gasteiger partial charge in [-0.25, -0.2) is 4.79 Å². The molecule has 2 saturated heterocycles. The summed E-state index contributed by atoms with van der Waals surface area (Å²) in [4.78, 5) is 32.6. The number of nitrogens with zero attached hydrogens (tertiary/aromatic N) is 4. The van der Waals surface area contributed by atoms with E-state index in [0.717, 1.165) is 50.4 Å². The van der Waals surface area contributed by atoms with Crippen molar-refractivity contribution in [2.75, 3.05) is 52.9 Å². The van der Waals surface area contributed by atoms with Gasteiger partial charge >= 0.3 is 12.1 Å². The number of aromatic nitrogens is 1. The molecular weight excluding hydrogens is 471 g/mol. The summed E-state index contributed by atoms with van der Waals surface area (Å²) in [7, 11) is 2.07. The number of quaternary nitrogens is 1. The molecule has 34 heavy (non-hydrogen) atoms. The van der Waals surface area contributed by atoms with Crippen LogP contribution in [-0.4, -0.2) is 90.6 Å². The Hall–Kier alpha value is -2.28. The highest BCUT2D eigenvalue weighted by molar-refractivity contribution is 7.17. The normalized spacial score (nSPS) is 20.6. The molecule has 2 aliphatic rings. The molecule has 0 aliphatic carbocycles. The van der Waals surface area contributed by atoms with Crippen LogP contribution in [0.25, 0.3) is 10.6 Å². The number of piperidine rings is 1. The lowest BCUT2D eigenvalue weighted by Crippen LogP contribution is -2.96. The second-order valence-corrected chi connectivity index (χ2v) is 10.1. The first-order chi connectivity index (χ1) is 16.1. The molecule has 2 aromatic heterocycles. The molecule has 8 nitrogen and oxygen atoms in total. The van der Waals surface area contributed by atoms with Gasteiger partial charge < -0.3 is 14.3 Å². The zero-order valence-corrected chi connectivity index (χ0v) is 20.0. The smallest absolute Gasteiger partial charge is 0.351 e. The van der Waals surface area contributed by atoms with Crippen LogP contribution < -0.4 is 5.32 Å². The molecule has 2 N–H and O–H groups in total. The van der Waals surface area contributed by atoms with E-state index < -0.39 is 11.9 Å². The maximum absolute atomic E-state index is 13.1. The quantitative estimate of drug-likeness (QED) is 0.672. The minimum Gasteiger partial charge on any atom is -0.351 e. The van der Waals surface area contributed by atoms with Gasteiger partial charge in [0.1, 0.15) is 18.3 Å². The van der Waals surface area contributed by atoms with Crippen LogP contribution >= 0.6 is 11.3 Å². The molecule has 2 aliphatic heterocycles. The number of piperazine rings is 1. The fraction of sp³-hybridized carbons (Fsp3) is 0.591. The topological polar surface area (TPSA) is 86.5 Å². The summed E-state index contributed by atoms with van der Waals surface area (Å²) in [6.45, 7) is 6.42. The number of hydrogen-bond donors (Lipinski definition) is 1. The molecule has 2 aromatic rings. The number of alkyl halides is 3. The van der Waals surface area contributed by atoms with Crippen molar-refractivity contribution >= 4 is 23.2 Å². The zero-order valence-electron chi connectivity index (χ0n) is 19.2. The number of carbonyl (C=O) groups excluding carboxylic acids is 2. The van der Waals surface area contributed by atoms with Gasteiger partial charge in [0.2, 0.25) is 5.76 Å². The van der Waals surface area contributed by atoms with Gasteiger partial charge in [0.05, 0.1) is 16.3 Å². The first-order valence-corrected chi connectivity index (χ1v) is 12.1. The summed E-state index contributed by atoms with van der Waals surface area (Å²) in [6, 6.07) is 3.20. The molecule has 1 atom stereocenters. The molecule has 0 aromatic carbocycles. The fourth-order valence-electron chi connectivity index (χ4n) is 4.44. The summed E-state index contributed by atoms with van der Waals surface area (Å²) < 4.78 is 43.5. The average molecular weight is 501 g/mol. The summed E-state index contributed by atoms with van der Waals surface area (Å²) >= 11 is 1.10. The first-order valence-electron chi connectivity index (χ1n) is 11.3. The van der Waals surface area contributed by atoms with Crippen molar-refractivity contribution < 1.29 is 32.6 Å². The zero-order chi connectivity index (χ0) is 24.5. The van der Waals surface area contributed by atoms with Gasteiger partial charge in [-0.3, -0.25) is 15.0 Å². The Morgan fingerprint density at radius 2 is 1.94 bits per heavy atom. The SMILES string of the molecule is Cc1c(-c2ccc(C(=O)N3CCCC([NH2+]C(=O)CN4CCN(C)CC4)C3)s2)noc1C(F)(F)F. The third kappa shape index (κ3) is 5.68.